The van der Waals surface area contributed by atoms with Crippen molar-refractivity contribution in [3.8, 4) is 11.5 Å². The molecule has 1 fully saturated rings. The lowest BCUT2D eigenvalue weighted by Gasteiger charge is -2.07. The van der Waals surface area contributed by atoms with Crippen molar-refractivity contribution in [2.45, 2.75) is 12.8 Å². The highest BCUT2D eigenvalue weighted by atomic mass is 35.5. The van der Waals surface area contributed by atoms with Crippen molar-refractivity contribution < 1.29 is 19.1 Å². The molecule has 4 rings (SSSR count). The molecule has 2 aliphatic rings. The molecule has 0 unspecified atom stereocenters. The zero-order valence-electron chi connectivity index (χ0n) is 14.3. The Hall–Kier alpha value is -2.99. The van der Waals surface area contributed by atoms with Crippen molar-refractivity contribution in [3.63, 3.8) is 0 Å². The second kappa shape index (κ2) is 7.32. The van der Waals surface area contributed by atoms with Crippen molar-refractivity contribution in [2.75, 3.05) is 17.4 Å². The van der Waals surface area contributed by atoms with Crippen LogP contribution in [0, 0.1) is 5.92 Å². The molecule has 2 N–H and O–H groups in total. The summed E-state index contributed by atoms with van der Waals surface area (Å²) in [7, 11) is 0. The van der Waals surface area contributed by atoms with E-state index in [0.29, 0.717) is 27.9 Å². The second-order valence-electron chi connectivity index (χ2n) is 6.40. The van der Waals surface area contributed by atoms with E-state index in [2.05, 4.69) is 10.6 Å². The largest absolute Gasteiger partial charge is 0.454 e. The van der Waals surface area contributed by atoms with Crippen LogP contribution < -0.4 is 20.1 Å². The Balaban J connectivity index is 1.40. The zero-order chi connectivity index (χ0) is 18.8. The molecule has 1 saturated carbocycles. The molecular formula is C20H17ClN2O4. The molecule has 2 aromatic rings. The predicted octanol–water partition coefficient (Wildman–Crippen LogP) is 4.07. The monoisotopic (exact) mass is 384 g/mol. The quantitative estimate of drug-likeness (QED) is 0.762. The number of anilines is 2. The number of carbonyl (C=O) groups is 2. The third kappa shape index (κ3) is 4.23. The Morgan fingerprint density at radius 2 is 1.85 bits per heavy atom. The Bertz CT molecular complexity index is 938. The number of amides is 2. The fraction of sp³-hybridized carbons (Fsp3) is 0.200. The SMILES string of the molecule is O=C(/C=C/c1cc(Cl)c2c(c1)OCO2)Nc1cccc(NC(=O)C2CC2)c1. The summed E-state index contributed by atoms with van der Waals surface area (Å²) in [6.07, 6.45) is 4.93. The minimum Gasteiger partial charge on any atom is -0.454 e. The van der Waals surface area contributed by atoms with Crippen LogP contribution in [0.25, 0.3) is 6.08 Å². The first-order chi connectivity index (χ1) is 13.1. The van der Waals surface area contributed by atoms with Gasteiger partial charge in [-0.3, -0.25) is 9.59 Å². The molecule has 2 amide bonds. The van der Waals surface area contributed by atoms with Crippen LogP contribution in [0.5, 0.6) is 11.5 Å². The van der Waals surface area contributed by atoms with Gasteiger partial charge in [-0.15, -0.1) is 0 Å². The number of benzene rings is 2. The van der Waals surface area contributed by atoms with Gasteiger partial charge in [-0.1, -0.05) is 17.7 Å². The molecule has 0 atom stereocenters. The smallest absolute Gasteiger partial charge is 0.248 e. The summed E-state index contributed by atoms with van der Waals surface area (Å²) < 4.78 is 10.6. The third-order valence-corrected chi connectivity index (χ3v) is 4.50. The van der Waals surface area contributed by atoms with Crippen molar-refractivity contribution in [3.05, 3.63) is 53.1 Å². The Morgan fingerprint density at radius 1 is 1.07 bits per heavy atom. The fourth-order valence-corrected chi connectivity index (χ4v) is 2.98. The number of nitrogens with one attached hydrogen (secondary N) is 2. The molecular weight excluding hydrogens is 368 g/mol. The highest BCUT2D eigenvalue weighted by molar-refractivity contribution is 6.32. The van der Waals surface area contributed by atoms with Crippen LogP contribution in [0.1, 0.15) is 18.4 Å². The summed E-state index contributed by atoms with van der Waals surface area (Å²) >= 11 is 6.13. The second-order valence-corrected chi connectivity index (χ2v) is 6.81. The van der Waals surface area contributed by atoms with E-state index in [1.807, 2.05) is 0 Å². The Morgan fingerprint density at radius 3 is 2.63 bits per heavy atom. The molecule has 1 heterocycles. The molecule has 6 nitrogen and oxygen atoms in total. The molecule has 7 heteroatoms. The van der Waals surface area contributed by atoms with Gasteiger partial charge in [0.15, 0.2) is 11.5 Å². The van der Waals surface area contributed by atoms with E-state index >= 15 is 0 Å². The summed E-state index contributed by atoms with van der Waals surface area (Å²) in [6.45, 7) is 0.135. The number of halogens is 1. The molecule has 2 aromatic carbocycles. The fourth-order valence-electron chi connectivity index (χ4n) is 2.70. The first-order valence-electron chi connectivity index (χ1n) is 8.57. The Kier molecular flexibility index (Phi) is 4.73. The van der Waals surface area contributed by atoms with Gasteiger partial charge in [-0.2, -0.15) is 0 Å². The van der Waals surface area contributed by atoms with Crippen LogP contribution in [0.4, 0.5) is 11.4 Å². The van der Waals surface area contributed by atoms with Crippen LogP contribution in [-0.4, -0.2) is 18.6 Å². The summed E-state index contributed by atoms with van der Waals surface area (Å²) in [5, 5.41) is 6.06. The number of carbonyl (C=O) groups excluding carboxylic acids is 2. The van der Waals surface area contributed by atoms with Gasteiger partial charge in [0.25, 0.3) is 0 Å². The van der Waals surface area contributed by atoms with Crippen LogP contribution in [-0.2, 0) is 9.59 Å². The summed E-state index contributed by atoms with van der Waals surface area (Å²) in [6, 6.07) is 10.5. The molecule has 0 aromatic heterocycles. The van der Waals surface area contributed by atoms with Gasteiger partial charge >= 0.3 is 0 Å². The van der Waals surface area contributed by atoms with Crippen molar-refractivity contribution in [1.82, 2.24) is 0 Å². The van der Waals surface area contributed by atoms with Gasteiger partial charge in [0.1, 0.15) is 0 Å². The van der Waals surface area contributed by atoms with Gasteiger partial charge in [0.05, 0.1) is 5.02 Å². The van der Waals surface area contributed by atoms with E-state index in [-0.39, 0.29) is 24.5 Å². The van der Waals surface area contributed by atoms with E-state index in [9.17, 15) is 9.59 Å². The molecule has 27 heavy (non-hydrogen) atoms. The summed E-state index contributed by atoms with van der Waals surface area (Å²) in [5.74, 6) is 0.928. The maximum atomic E-state index is 12.2. The first-order valence-corrected chi connectivity index (χ1v) is 8.95. The predicted molar refractivity (Wildman–Crippen MR) is 103 cm³/mol. The zero-order valence-corrected chi connectivity index (χ0v) is 15.1. The normalized spacial score (nSPS) is 15.0. The van der Waals surface area contributed by atoms with Gasteiger partial charge < -0.3 is 20.1 Å². The van der Waals surface area contributed by atoms with Gasteiger partial charge in [-0.25, -0.2) is 0 Å². The van der Waals surface area contributed by atoms with Crippen molar-refractivity contribution >= 4 is 40.9 Å². The standard InChI is InChI=1S/C20H17ClN2O4/c21-16-8-12(9-17-19(16)27-11-26-17)4-7-18(24)22-14-2-1-3-15(10-14)23-20(25)13-5-6-13/h1-4,7-10,13H,5-6,11H2,(H,22,24)(H,23,25)/b7-4+. The van der Waals surface area contributed by atoms with Gasteiger partial charge in [0.2, 0.25) is 18.6 Å². The lowest BCUT2D eigenvalue weighted by molar-refractivity contribution is -0.117. The number of hydrogen-bond acceptors (Lipinski definition) is 4. The van der Waals surface area contributed by atoms with Crippen molar-refractivity contribution in [1.29, 1.82) is 0 Å². The average Bonchev–Trinajstić information content (AvgIpc) is 3.38. The summed E-state index contributed by atoms with van der Waals surface area (Å²) in [4.78, 5) is 24.0. The minimum absolute atomic E-state index is 0.0260. The van der Waals surface area contributed by atoms with Crippen molar-refractivity contribution in [2.24, 2.45) is 5.92 Å². The van der Waals surface area contributed by atoms with Gasteiger partial charge in [-0.05, 0) is 54.8 Å². The minimum atomic E-state index is -0.297. The van der Waals surface area contributed by atoms with Crippen LogP contribution >= 0.6 is 11.6 Å². The molecule has 1 aliphatic heterocycles. The topological polar surface area (TPSA) is 76.7 Å². The van der Waals surface area contributed by atoms with E-state index < -0.39 is 0 Å². The highest BCUT2D eigenvalue weighted by Crippen LogP contribution is 2.40. The van der Waals surface area contributed by atoms with E-state index in [0.717, 1.165) is 18.4 Å². The maximum absolute atomic E-state index is 12.2. The van der Waals surface area contributed by atoms with Crippen LogP contribution in [0.15, 0.2) is 42.5 Å². The van der Waals surface area contributed by atoms with E-state index in [4.69, 9.17) is 21.1 Å². The lowest BCUT2D eigenvalue weighted by Crippen LogP contribution is -2.14. The lowest BCUT2D eigenvalue weighted by atomic mass is 10.2. The molecule has 0 radical (unpaired) electrons. The van der Waals surface area contributed by atoms with Gasteiger partial charge in [0, 0.05) is 23.4 Å². The Labute approximate surface area is 161 Å². The number of hydrogen-bond donors (Lipinski definition) is 2. The number of ether oxygens (including phenoxy) is 2. The number of fused-ring (bicyclic) bond motifs is 1. The van der Waals surface area contributed by atoms with E-state index in [1.54, 1.807) is 42.5 Å². The molecule has 0 spiro atoms. The highest BCUT2D eigenvalue weighted by Gasteiger charge is 2.29. The van der Waals surface area contributed by atoms with E-state index in [1.165, 1.54) is 6.08 Å². The van der Waals surface area contributed by atoms with Crippen LogP contribution in [0.3, 0.4) is 0 Å². The third-order valence-electron chi connectivity index (χ3n) is 4.22. The molecule has 1 aliphatic carbocycles. The number of rotatable bonds is 5. The molecule has 0 saturated heterocycles. The molecule has 138 valence electrons. The molecule has 0 bridgehead atoms. The maximum Gasteiger partial charge on any atom is 0.248 e. The first kappa shape index (κ1) is 17.4. The summed E-state index contributed by atoms with van der Waals surface area (Å²) in [5.41, 5.74) is 1.99. The average molecular weight is 385 g/mol. The van der Waals surface area contributed by atoms with Crippen LogP contribution in [0.2, 0.25) is 5.02 Å².